The van der Waals surface area contributed by atoms with Crippen molar-refractivity contribution in [1.82, 2.24) is 0 Å². The summed E-state index contributed by atoms with van der Waals surface area (Å²) >= 11 is 0. The monoisotopic (exact) mass is 1540 g/mol. The minimum atomic E-state index is -4.97. The second-order valence-corrected chi connectivity index (χ2v) is 34.6. The lowest BCUT2D eigenvalue weighted by molar-refractivity contribution is -0.161. The van der Waals surface area contributed by atoms with Crippen LogP contribution in [0.4, 0.5) is 0 Å². The SMILES string of the molecule is CCCCCCCCCCCCCCCCCCCCCCCCC(=O)O[C@H](COC(=O)CCCCCCCCCCCCCCCCCCC(C)C)COP(=O)(O)OC[C@@H](O)COP(=O)(O)OC[C@@H](COC(=O)CCCCCCCCCCCC)OC(=O)CCCCCCCCCCCCC(C)CC. The van der Waals surface area contributed by atoms with E-state index in [9.17, 15) is 43.2 Å². The standard InChI is InChI=1S/C86H168O17P2/c1-7-10-12-14-16-18-20-21-22-23-24-25-26-27-28-33-36-39-46-52-58-64-70-85(90)102-82(75-97-84(89)69-63-57-51-45-38-35-32-30-29-31-34-37-42-48-54-60-66-78(4)5)77-101-105(94,95)99-73-80(87)72-98-104(92,93)100-76-81(74-96-83(88)68-62-56-50-44-19-17-15-13-11-8-2)103-86(91)71-65-59-53-47-41-40-43-49-55-61-67-79(6)9-3/h78-82,87H,7-77H2,1-6H3,(H,92,93)(H,94,95)/t79?,80-,81+,82+/m0/s1. The fraction of sp³-hybridized carbons (Fsp3) is 0.953. The van der Waals surface area contributed by atoms with Gasteiger partial charge in [-0.2, -0.15) is 0 Å². The first kappa shape index (κ1) is 103. The second-order valence-electron chi connectivity index (χ2n) is 31.6. The van der Waals surface area contributed by atoms with Crippen molar-refractivity contribution in [3.8, 4) is 0 Å². The van der Waals surface area contributed by atoms with E-state index < -0.39 is 97.5 Å². The molecule has 0 aromatic heterocycles. The van der Waals surface area contributed by atoms with Crippen molar-refractivity contribution in [1.29, 1.82) is 0 Å². The summed E-state index contributed by atoms with van der Waals surface area (Å²) in [6, 6.07) is 0. The van der Waals surface area contributed by atoms with Gasteiger partial charge >= 0.3 is 39.5 Å². The van der Waals surface area contributed by atoms with E-state index in [1.165, 1.54) is 276 Å². The Hall–Kier alpha value is -1.94. The van der Waals surface area contributed by atoms with Crippen LogP contribution in [0.5, 0.6) is 0 Å². The van der Waals surface area contributed by atoms with Gasteiger partial charge in [0, 0.05) is 25.7 Å². The van der Waals surface area contributed by atoms with Crippen molar-refractivity contribution in [3.05, 3.63) is 0 Å². The molecule has 3 unspecified atom stereocenters. The van der Waals surface area contributed by atoms with Crippen molar-refractivity contribution >= 4 is 39.5 Å². The largest absolute Gasteiger partial charge is 0.472 e. The Balaban J connectivity index is 5.21. The number of carbonyl (C=O) groups is 4. The molecule has 0 aliphatic carbocycles. The Morgan fingerprint density at radius 3 is 0.724 bits per heavy atom. The van der Waals surface area contributed by atoms with Crippen LogP contribution in [-0.4, -0.2) is 96.7 Å². The molecule has 0 aliphatic heterocycles. The first-order valence-electron chi connectivity index (χ1n) is 44.5. The van der Waals surface area contributed by atoms with E-state index in [-0.39, 0.29) is 25.7 Å². The molecule has 0 bridgehead atoms. The van der Waals surface area contributed by atoms with Gasteiger partial charge in [-0.15, -0.1) is 0 Å². The molecule has 0 aromatic rings. The summed E-state index contributed by atoms with van der Waals surface area (Å²) in [5.41, 5.74) is 0. The summed E-state index contributed by atoms with van der Waals surface area (Å²) in [4.78, 5) is 73.2. The zero-order valence-corrected chi connectivity index (χ0v) is 70.8. The first-order chi connectivity index (χ1) is 50.9. The molecule has 105 heavy (non-hydrogen) atoms. The van der Waals surface area contributed by atoms with E-state index in [1.54, 1.807) is 0 Å². The molecule has 3 N–H and O–H groups in total. The van der Waals surface area contributed by atoms with E-state index in [0.717, 1.165) is 102 Å². The lowest BCUT2D eigenvalue weighted by Crippen LogP contribution is -2.30. The number of unbranched alkanes of at least 4 members (excludes halogenated alkanes) is 54. The fourth-order valence-electron chi connectivity index (χ4n) is 13.4. The molecule has 0 saturated heterocycles. The van der Waals surface area contributed by atoms with Gasteiger partial charge in [-0.1, -0.05) is 408 Å². The number of hydrogen-bond donors (Lipinski definition) is 3. The molecule has 0 amide bonds. The maximum Gasteiger partial charge on any atom is 0.472 e. The Kier molecular flexibility index (Phi) is 76.0. The molecule has 0 fully saturated rings. The molecule has 0 radical (unpaired) electrons. The van der Waals surface area contributed by atoms with Crippen LogP contribution in [0.3, 0.4) is 0 Å². The van der Waals surface area contributed by atoms with E-state index in [0.29, 0.717) is 25.7 Å². The average Bonchev–Trinajstić information content (AvgIpc) is 0.915. The van der Waals surface area contributed by atoms with E-state index >= 15 is 0 Å². The van der Waals surface area contributed by atoms with Crippen molar-refractivity contribution in [2.75, 3.05) is 39.6 Å². The number of carbonyl (C=O) groups excluding carboxylic acids is 4. The molecule has 0 saturated carbocycles. The van der Waals surface area contributed by atoms with Crippen LogP contribution in [0.2, 0.25) is 0 Å². The molecule has 624 valence electrons. The van der Waals surface area contributed by atoms with Crippen LogP contribution >= 0.6 is 15.6 Å². The zero-order valence-electron chi connectivity index (χ0n) is 69.0. The number of esters is 4. The normalized spacial score (nSPS) is 14.1. The summed E-state index contributed by atoms with van der Waals surface area (Å²) in [6.45, 7) is 9.71. The van der Waals surface area contributed by atoms with Crippen LogP contribution < -0.4 is 0 Å². The maximum absolute atomic E-state index is 13.1. The highest BCUT2D eigenvalue weighted by Gasteiger charge is 2.30. The zero-order chi connectivity index (χ0) is 77.1. The molecule has 0 heterocycles. The number of ether oxygens (including phenoxy) is 4. The maximum atomic E-state index is 13.1. The van der Waals surface area contributed by atoms with Gasteiger partial charge in [0.25, 0.3) is 0 Å². The van der Waals surface area contributed by atoms with Gasteiger partial charge in [0.2, 0.25) is 0 Å². The van der Waals surface area contributed by atoms with Crippen LogP contribution in [-0.2, 0) is 65.4 Å². The molecule has 19 heteroatoms. The summed E-state index contributed by atoms with van der Waals surface area (Å²) in [5, 5.41) is 10.7. The van der Waals surface area contributed by atoms with Crippen LogP contribution in [0.1, 0.15) is 459 Å². The molecule has 0 rings (SSSR count). The van der Waals surface area contributed by atoms with E-state index in [1.807, 2.05) is 0 Å². The topological polar surface area (TPSA) is 237 Å². The number of rotatable bonds is 85. The fourth-order valence-corrected chi connectivity index (χ4v) is 15.0. The smallest absolute Gasteiger partial charge is 0.462 e. The molecule has 0 aromatic carbocycles. The second kappa shape index (κ2) is 77.4. The predicted octanol–water partition coefficient (Wildman–Crippen LogP) is 26.2. The molecule has 0 aliphatic rings. The lowest BCUT2D eigenvalue weighted by atomic mass is 9.99. The minimum absolute atomic E-state index is 0.107. The third-order valence-corrected chi connectivity index (χ3v) is 22.5. The van der Waals surface area contributed by atoms with Gasteiger partial charge in [-0.05, 0) is 37.5 Å². The summed E-state index contributed by atoms with van der Waals surface area (Å²) < 4.78 is 68.9. The highest BCUT2D eigenvalue weighted by atomic mass is 31.2. The summed E-state index contributed by atoms with van der Waals surface area (Å²) in [6.07, 6.45) is 69.4. The van der Waals surface area contributed by atoms with E-state index in [2.05, 4.69) is 41.5 Å². The summed E-state index contributed by atoms with van der Waals surface area (Å²) in [5.74, 6) is -0.488. The van der Waals surface area contributed by atoms with Crippen LogP contribution in [0.15, 0.2) is 0 Å². The minimum Gasteiger partial charge on any atom is -0.462 e. The van der Waals surface area contributed by atoms with Crippen molar-refractivity contribution in [2.24, 2.45) is 11.8 Å². The number of phosphoric acid groups is 2. The molecule has 6 atom stereocenters. The number of aliphatic hydroxyl groups is 1. The van der Waals surface area contributed by atoms with Gasteiger partial charge < -0.3 is 33.8 Å². The number of hydrogen-bond acceptors (Lipinski definition) is 15. The molecular weight excluding hydrogens is 1370 g/mol. The molecule has 17 nitrogen and oxygen atoms in total. The molecular formula is C86H168O17P2. The number of aliphatic hydroxyl groups excluding tert-OH is 1. The van der Waals surface area contributed by atoms with Gasteiger partial charge in [0.15, 0.2) is 12.2 Å². The Morgan fingerprint density at radius 1 is 0.276 bits per heavy atom. The quantitative estimate of drug-likeness (QED) is 0.0222. The first-order valence-corrected chi connectivity index (χ1v) is 47.5. The van der Waals surface area contributed by atoms with Crippen LogP contribution in [0.25, 0.3) is 0 Å². The van der Waals surface area contributed by atoms with Gasteiger partial charge in [0.05, 0.1) is 26.4 Å². The molecule has 0 spiro atoms. The Labute approximate surface area is 645 Å². The average molecular weight is 1540 g/mol. The lowest BCUT2D eigenvalue weighted by Gasteiger charge is -2.21. The number of phosphoric ester groups is 2. The third kappa shape index (κ3) is 78.5. The predicted molar refractivity (Wildman–Crippen MR) is 432 cm³/mol. The van der Waals surface area contributed by atoms with Gasteiger partial charge in [-0.25, -0.2) is 9.13 Å². The van der Waals surface area contributed by atoms with Gasteiger partial charge in [-0.3, -0.25) is 37.3 Å². The van der Waals surface area contributed by atoms with Crippen LogP contribution in [0, 0.1) is 11.8 Å². The Bertz CT molecular complexity index is 2010. The summed E-state index contributed by atoms with van der Waals surface area (Å²) in [7, 11) is -9.93. The van der Waals surface area contributed by atoms with Crippen molar-refractivity contribution in [2.45, 2.75) is 477 Å². The van der Waals surface area contributed by atoms with Crippen molar-refractivity contribution < 1.29 is 80.2 Å². The third-order valence-electron chi connectivity index (χ3n) is 20.6. The Morgan fingerprint density at radius 2 is 0.486 bits per heavy atom. The van der Waals surface area contributed by atoms with Gasteiger partial charge in [0.1, 0.15) is 19.3 Å². The highest BCUT2D eigenvalue weighted by Crippen LogP contribution is 2.45. The van der Waals surface area contributed by atoms with Crippen molar-refractivity contribution in [3.63, 3.8) is 0 Å². The highest BCUT2D eigenvalue weighted by molar-refractivity contribution is 7.47. The van der Waals surface area contributed by atoms with E-state index in [4.69, 9.17) is 37.0 Å².